The summed E-state index contributed by atoms with van der Waals surface area (Å²) in [6, 6.07) is 12.2. The van der Waals surface area contributed by atoms with Crippen LogP contribution in [-0.4, -0.2) is 29.4 Å². The number of ether oxygens (including phenoxy) is 1. The quantitative estimate of drug-likeness (QED) is 0.588. The van der Waals surface area contributed by atoms with Crippen molar-refractivity contribution < 1.29 is 18.7 Å². The maximum atomic E-state index is 13.7. The molecule has 2 aromatic carbocycles. The Bertz CT molecular complexity index is 876. The van der Waals surface area contributed by atoms with E-state index >= 15 is 0 Å². The minimum atomic E-state index is -0.927. The predicted molar refractivity (Wildman–Crippen MR) is 102 cm³/mol. The number of esters is 1. The maximum Gasteiger partial charge on any atom is 0.331 e. The van der Waals surface area contributed by atoms with Gasteiger partial charge in [0.15, 0.2) is 6.10 Å². The first-order chi connectivity index (χ1) is 13.0. The smallest absolute Gasteiger partial charge is 0.331 e. The van der Waals surface area contributed by atoms with Crippen molar-refractivity contribution in [3.8, 4) is 0 Å². The third-order valence-electron chi connectivity index (χ3n) is 4.47. The Kier molecular flexibility index (Phi) is 5.91. The van der Waals surface area contributed by atoms with Crippen LogP contribution in [0.1, 0.15) is 23.6 Å². The van der Waals surface area contributed by atoms with Crippen LogP contribution in [0.25, 0.3) is 6.08 Å². The molecule has 27 heavy (non-hydrogen) atoms. The minimum Gasteiger partial charge on any atom is -0.449 e. The molecule has 0 bridgehead atoms. The summed E-state index contributed by atoms with van der Waals surface area (Å²) < 4.78 is 18.9. The van der Waals surface area contributed by atoms with Gasteiger partial charge in [-0.05, 0) is 42.7 Å². The number of carbonyl (C=O) groups excluding carboxylic acids is 2. The van der Waals surface area contributed by atoms with Crippen LogP contribution >= 0.6 is 11.6 Å². The summed E-state index contributed by atoms with van der Waals surface area (Å²) in [4.78, 5) is 26.2. The lowest BCUT2D eigenvalue weighted by atomic mass is 9.99. The summed E-state index contributed by atoms with van der Waals surface area (Å²) in [5.41, 5.74) is 2.43. The summed E-state index contributed by atoms with van der Waals surface area (Å²) >= 11 is 5.91. The highest BCUT2D eigenvalue weighted by atomic mass is 35.5. The lowest BCUT2D eigenvalue weighted by Crippen LogP contribution is -2.42. The summed E-state index contributed by atoms with van der Waals surface area (Å²) in [5, 5.41) is 0.190. The fraction of sp³-hybridized carbons (Fsp3) is 0.238. The van der Waals surface area contributed by atoms with E-state index in [1.165, 1.54) is 36.8 Å². The largest absolute Gasteiger partial charge is 0.449 e. The summed E-state index contributed by atoms with van der Waals surface area (Å²) in [6.45, 7) is 2.61. The second kappa shape index (κ2) is 8.35. The Labute approximate surface area is 162 Å². The minimum absolute atomic E-state index is 0.0998. The van der Waals surface area contributed by atoms with E-state index in [2.05, 4.69) is 6.07 Å². The maximum absolute atomic E-state index is 13.7. The van der Waals surface area contributed by atoms with E-state index in [1.54, 1.807) is 4.90 Å². The van der Waals surface area contributed by atoms with Crippen molar-refractivity contribution >= 4 is 29.6 Å². The van der Waals surface area contributed by atoms with Crippen LogP contribution < -0.4 is 0 Å². The Morgan fingerprint density at radius 3 is 2.67 bits per heavy atom. The Morgan fingerprint density at radius 2 is 1.93 bits per heavy atom. The van der Waals surface area contributed by atoms with Crippen LogP contribution in [0.3, 0.4) is 0 Å². The van der Waals surface area contributed by atoms with Crippen LogP contribution in [0.2, 0.25) is 5.02 Å². The van der Waals surface area contributed by atoms with Crippen molar-refractivity contribution in [2.45, 2.75) is 26.0 Å². The van der Waals surface area contributed by atoms with E-state index in [4.69, 9.17) is 16.3 Å². The van der Waals surface area contributed by atoms with E-state index in [-0.39, 0.29) is 16.5 Å². The number of benzene rings is 2. The van der Waals surface area contributed by atoms with Gasteiger partial charge in [0.1, 0.15) is 5.82 Å². The van der Waals surface area contributed by atoms with Gasteiger partial charge >= 0.3 is 5.97 Å². The van der Waals surface area contributed by atoms with Crippen molar-refractivity contribution in [3.05, 3.63) is 76.1 Å². The molecule has 3 rings (SSSR count). The number of rotatable bonds is 4. The van der Waals surface area contributed by atoms with Crippen LogP contribution in [0, 0.1) is 5.82 Å². The van der Waals surface area contributed by atoms with Crippen LogP contribution in [0.5, 0.6) is 0 Å². The molecule has 1 amide bonds. The fourth-order valence-electron chi connectivity index (χ4n) is 3.03. The van der Waals surface area contributed by atoms with Gasteiger partial charge in [-0.2, -0.15) is 0 Å². The molecule has 1 heterocycles. The predicted octanol–water partition coefficient (Wildman–Crippen LogP) is 4.01. The third kappa shape index (κ3) is 4.55. The Balaban J connectivity index is 1.60. The van der Waals surface area contributed by atoms with Crippen molar-refractivity contribution in [2.75, 3.05) is 6.54 Å². The highest BCUT2D eigenvalue weighted by molar-refractivity contribution is 6.32. The molecule has 0 N–H and O–H groups in total. The van der Waals surface area contributed by atoms with Gasteiger partial charge in [0, 0.05) is 24.7 Å². The Morgan fingerprint density at radius 1 is 1.19 bits per heavy atom. The van der Waals surface area contributed by atoms with Crippen LogP contribution in [0.15, 0.2) is 48.5 Å². The lowest BCUT2D eigenvalue weighted by Gasteiger charge is -2.30. The molecule has 0 saturated carbocycles. The molecule has 6 heteroatoms. The van der Waals surface area contributed by atoms with E-state index in [1.807, 2.05) is 18.2 Å². The average molecular weight is 388 g/mol. The summed E-state index contributed by atoms with van der Waals surface area (Å²) in [6.07, 6.45) is 2.16. The number of hydrogen-bond acceptors (Lipinski definition) is 3. The van der Waals surface area contributed by atoms with Gasteiger partial charge in [-0.15, -0.1) is 0 Å². The molecule has 1 aliphatic heterocycles. The molecule has 0 aliphatic carbocycles. The second-order valence-electron chi connectivity index (χ2n) is 6.33. The molecule has 140 valence electrons. The van der Waals surface area contributed by atoms with Gasteiger partial charge in [0.25, 0.3) is 5.91 Å². The van der Waals surface area contributed by atoms with Crippen LogP contribution in [0.4, 0.5) is 4.39 Å². The standard InChI is InChI=1S/C21H19ClFNO3/c1-14(21(26)24-12-11-15-5-2-3-6-16(15)13-24)27-20(25)10-9-17-18(22)7-4-8-19(17)23/h2-10,14H,11-13H2,1H3/b10-9+/t14-/m0/s1. The number of halogens is 2. The van der Waals surface area contributed by atoms with E-state index in [0.29, 0.717) is 13.1 Å². The molecule has 1 atom stereocenters. The van der Waals surface area contributed by atoms with E-state index < -0.39 is 17.9 Å². The summed E-state index contributed by atoms with van der Waals surface area (Å²) in [7, 11) is 0. The molecule has 0 radical (unpaired) electrons. The molecule has 4 nitrogen and oxygen atoms in total. The number of fused-ring (bicyclic) bond motifs is 1. The molecule has 2 aromatic rings. The Hall–Kier alpha value is -2.66. The first kappa shape index (κ1) is 19.1. The topological polar surface area (TPSA) is 46.6 Å². The zero-order valence-corrected chi connectivity index (χ0v) is 15.6. The van der Waals surface area contributed by atoms with E-state index in [0.717, 1.165) is 18.1 Å². The molecule has 1 aliphatic rings. The lowest BCUT2D eigenvalue weighted by molar-refractivity contribution is -0.155. The zero-order valence-electron chi connectivity index (χ0n) is 14.8. The van der Waals surface area contributed by atoms with Gasteiger partial charge in [-0.3, -0.25) is 4.79 Å². The van der Waals surface area contributed by atoms with Gasteiger partial charge < -0.3 is 9.64 Å². The molecule has 0 saturated heterocycles. The molecule has 0 fully saturated rings. The van der Waals surface area contributed by atoms with E-state index in [9.17, 15) is 14.0 Å². The normalized spacial score (nSPS) is 14.7. The first-order valence-electron chi connectivity index (χ1n) is 8.64. The monoisotopic (exact) mass is 387 g/mol. The molecule has 0 unspecified atom stereocenters. The SMILES string of the molecule is C[C@H](OC(=O)/C=C/c1c(F)cccc1Cl)C(=O)N1CCc2ccccc2C1. The van der Waals surface area contributed by atoms with Gasteiger partial charge in [-0.1, -0.05) is 41.9 Å². The number of carbonyl (C=O) groups is 2. The fourth-order valence-corrected chi connectivity index (χ4v) is 3.25. The van der Waals surface area contributed by atoms with Crippen molar-refractivity contribution in [2.24, 2.45) is 0 Å². The van der Waals surface area contributed by atoms with Crippen molar-refractivity contribution in [1.82, 2.24) is 4.90 Å². The highest BCUT2D eigenvalue weighted by Crippen LogP contribution is 2.21. The third-order valence-corrected chi connectivity index (χ3v) is 4.80. The van der Waals surface area contributed by atoms with Gasteiger partial charge in [-0.25, -0.2) is 9.18 Å². The molecular weight excluding hydrogens is 369 g/mol. The summed E-state index contributed by atoms with van der Waals surface area (Å²) in [5.74, 6) is -1.52. The number of hydrogen-bond donors (Lipinski definition) is 0. The van der Waals surface area contributed by atoms with Crippen LogP contribution in [-0.2, 0) is 27.3 Å². The molecule has 0 spiro atoms. The highest BCUT2D eigenvalue weighted by Gasteiger charge is 2.26. The van der Waals surface area contributed by atoms with Gasteiger partial charge in [0.2, 0.25) is 0 Å². The zero-order chi connectivity index (χ0) is 19.4. The molecule has 0 aromatic heterocycles. The second-order valence-corrected chi connectivity index (χ2v) is 6.73. The van der Waals surface area contributed by atoms with Crippen molar-refractivity contribution in [3.63, 3.8) is 0 Å². The average Bonchev–Trinajstić information content (AvgIpc) is 2.66. The van der Waals surface area contributed by atoms with Gasteiger partial charge in [0.05, 0.1) is 5.02 Å². The first-order valence-corrected chi connectivity index (χ1v) is 9.02. The van der Waals surface area contributed by atoms with Crippen molar-refractivity contribution in [1.29, 1.82) is 0 Å². The number of amides is 1. The number of nitrogens with zero attached hydrogens (tertiary/aromatic N) is 1. The molecular formula is C21H19ClFNO3.